The van der Waals surface area contributed by atoms with Crippen molar-refractivity contribution in [2.45, 2.75) is 18.7 Å². The minimum atomic E-state index is -3.47. The highest BCUT2D eigenvalue weighted by molar-refractivity contribution is 7.88. The van der Waals surface area contributed by atoms with Crippen molar-refractivity contribution in [1.82, 2.24) is 18.8 Å². The maximum atomic E-state index is 14.4. The zero-order valence-electron chi connectivity index (χ0n) is 23.3. The molecule has 2 heterocycles. The molecule has 0 spiro atoms. The van der Waals surface area contributed by atoms with E-state index >= 15 is 0 Å². The summed E-state index contributed by atoms with van der Waals surface area (Å²) in [5.74, 6) is 0.150. The standard InChI is InChI=1S/C31H29N7O3S/c1-20(35-29-26(33-2)18-34-31(32)36-29)27-17-23-12-9-15-25(28(23)30(39)38(27)24-13-6-5-7-14-24)22-11-8-10-21(16-22)19-42(40,41)37(3)4/h5-18,20H,19H2,1,3-4H3,(H3,32,34,35,36)/t20-/m0/s1. The molecule has 212 valence electrons. The highest BCUT2D eigenvalue weighted by Crippen LogP contribution is 2.32. The van der Waals surface area contributed by atoms with Gasteiger partial charge in [-0.25, -0.2) is 27.5 Å². The molecule has 0 fully saturated rings. The first kappa shape index (κ1) is 28.5. The first-order valence-corrected chi connectivity index (χ1v) is 14.7. The van der Waals surface area contributed by atoms with Crippen LogP contribution in [0.3, 0.4) is 0 Å². The van der Waals surface area contributed by atoms with Crippen molar-refractivity contribution >= 4 is 38.2 Å². The van der Waals surface area contributed by atoms with Crippen molar-refractivity contribution in [3.8, 4) is 16.8 Å². The summed E-state index contributed by atoms with van der Waals surface area (Å²) in [5.41, 5.74) is 9.13. The number of anilines is 2. The van der Waals surface area contributed by atoms with Gasteiger partial charge >= 0.3 is 0 Å². The number of nitrogens with one attached hydrogen (secondary N) is 1. The van der Waals surface area contributed by atoms with Gasteiger partial charge < -0.3 is 11.1 Å². The lowest BCUT2D eigenvalue weighted by Crippen LogP contribution is -2.26. The van der Waals surface area contributed by atoms with Crippen molar-refractivity contribution in [1.29, 1.82) is 0 Å². The normalized spacial score (nSPS) is 12.3. The molecule has 11 heteroatoms. The number of fused-ring (bicyclic) bond motifs is 1. The molecule has 0 bridgehead atoms. The van der Waals surface area contributed by atoms with Crippen molar-refractivity contribution in [2.75, 3.05) is 25.1 Å². The lowest BCUT2D eigenvalue weighted by Gasteiger charge is -2.22. The van der Waals surface area contributed by atoms with Crippen LogP contribution in [0.4, 0.5) is 17.5 Å². The average molecular weight is 580 g/mol. The zero-order valence-corrected chi connectivity index (χ0v) is 24.1. The molecule has 5 aromatic rings. The molecule has 0 aliphatic heterocycles. The SMILES string of the molecule is [C-]#[N+]c1cnc(N)nc1N[C@@H](C)c1cc2cccc(-c3cccc(CS(=O)(=O)N(C)C)c3)c2c(=O)n1-c1ccccc1. The van der Waals surface area contributed by atoms with Gasteiger partial charge in [0, 0.05) is 31.7 Å². The predicted molar refractivity (Wildman–Crippen MR) is 166 cm³/mol. The quantitative estimate of drug-likeness (QED) is 0.244. The van der Waals surface area contributed by atoms with Crippen LogP contribution in [-0.2, 0) is 15.8 Å². The van der Waals surface area contributed by atoms with Gasteiger partial charge in [-0.1, -0.05) is 60.7 Å². The van der Waals surface area contributed by atoms with Gasteiger partial charge in [0.1, 0.15) is 5.82 Å². The molecule has 1 atom stereocenters. The lowest BCUT2D eigenvalue weighted by atomic mass is 9.97. The largest absolute Gasteiger partial charge is 0.371 e. The fourth-order valence-electron chi connectivity index (χ4n) is 4.81. The molecule has 0 aliphatic carbocycles. The maximum absolute atomic E-state index is 14.4. The molecule has 3 N–H and O–H groups in total. The molecule has 42 heavy (non-hydrogen) atoms. The Morgan fingerprint density at radius 3 is 2.50 bits per heavy atom. The van der Waals surface area contributed by atoms with Crippen LogP contribution in [0.15, 0.2) is 89.9 Å². The molecule has 3 aromatic carbocycles. The highest BCUT2D eigenvalue weighted by Gasteiger charge is 2.21. The van der Waals surface area contributed by atoms with Crippen molar-refractivity contribution < 1.29 is 8.42 Å². The Labute approximate surface area is 244 Å². The van der Waals surface area contributed by atoms with Crippen LogP contribution < -0.4 is 16.6 Å². The van der Waals surface area contributed by atoms with Crippen LogP contribution in [0.5, 0.6) is 0 Å². The van der Waals surface area contributed by atoms with Crippen molar-refractivity contribution in [2.24, 2.45) is 0 Å². The van der Waals surface area contributed by atoms with Crippen LogP contribution in [0.2, 0.25) is 0 Å². The van der Waals surface area contributed by atoms with E-state index in [2.05, 4.69) is 20.1 Å². The van der Waals surface area contributed by atoms with Crippen molar-refractivity contribution in [3.63, 3.8) is 0 Å². The maximum Gasteiger partial charge on any atom is 0.263 e. The van der Waals surface area contributed by atoms with Gasteiger partial charge in [-0.05, 0) is 47.2 Å². The molecule has 0 amide bonds. The molecule has 2 aromatic heterocycles. The number of nitrogens with two attached hydrogens (primary N) is 1. The third-order valence-electron chi connectivity index (χ3n) is 6.94. The average Bonchev–Trinajstić information content (AvgIpc) is 2.97. The molecular formula is C31H29N7O3S. The van der Waals surface area contributed by atoms with Gasteiger partial charge in [0.05, 0.1) is 23.8 Å². The van der Waals surface area contributed by atoms with E-state index < -0.39 is 16.1 Å². The number of aromatic nitrogens is 3. The smallest absolute Gasteiger partial charge is 0.263 e. The lowest BCUT2D eigenvalue weighted by molar-refractivity contribution is 0.520. The van der Waals surface area contributed by atoms with E-state index in [1.165, 1.54) is 24.6 Å². The number of para-hydroxylation sites is 1. The van der Waals surface area contributed by atoms with E-state index in [9.17, 15) is 13.2 Å². The molecule has 0 saturated carbocycles. The molecule has 0 saturated heterocycles. The van der Waals surface area contributed by atoms with E-state index in [0.29, 0.717) is 33.3 Å². The van der Waals surface area contributed by atoms with Crippen LogP contribution in [0.25, 0.3) is 32.4 Å². The van der Waals surface area contributed by atoms with Crippen LogP contribution in [0.1, 0.15) is 24.2 Å². The van der Waals surface area contributed by atoms with Gasteiger partial charge in [0.15, 0.2) is 0 Å². The summed E-state index contributed by atoms with van der Waals surface area (Å²) in [7, 11) is -0.456. The van der Waals surface area contributed by atoms with Crippen LogP contribution in [0, 0.1) is 6.57 Å². The summed E-state index contributed by atoms with van der Waals surface area (Å²) in [6.07, 6.45) is 1.36. The van der Waals surface area contributed by atoms with E-state index in [1.807, 2.05) is 73.7 Å². The summed E-state index contributed by atoms with van der Waals surface area (Å²) in [5, 5.41) is 4.45. The number of sulfonamides is 1. The minimum absolute atomic E-state index is 0.0290. The Kier molecular flexibility index (Phi) is 7.76. The molecular weight excluding hydrogens is 550 g/mol. The monoisotopic (exact) mass is 579 g/mol. The van der Waals surface area contributed by atoms with Crippen LogP contribution in [-0.4, -0.2) is 41.4 Å². The van der Waals surface area contributed by atoms with Gasteiger partial charge in [0.2, 0.25) is 21.7 Å². The van der Waals surface area contributed by atoms with Gasteiger partial charge in [-0.3, -0.25) is 9.36 Å². The topological polar surface area (TPSA) is 128 Å². The molecule has 0 aliphatic rings. The van der Waals surface area contributed by atoms with E-state index in [0.717, 1.165) is 5.56 Å². The second kappa shape index (κ2) is 11.4. The number of pyridine rings is 1. The second-order valence-corrected chi connectivity index (χ2v) is 12.2. The summed E-state index contributed by atoms with van der Waals surface area (Å²) >= 11 is 0. The molecule has 5 rings (SSSR count). The first-order valence-electron chi connectivity index (χ1n) is 13.1. The number of benzene rings is 3. The summed E-state index contributed by atoms with van der Waals surface area (Å²) in [4.78, 5) is 26.0. The Morgan fingerprint density at radius 1 is 1.05 bits per heavy atom. The molecule has 0 unspecified atom stereocenters. The predicted octanol–water partition coefficient (Wildman–Crippen LogP) is 5.15. The third kappa shape index (κ3) is 5.58. The third-order valence-corrected chi connectivity index (χ3v) is 8.75. The minimum Gasteiger partial charge on any atom is -0.371 e. The molecule has 10 nitrogen and oxygen atoms in total. The van der Waals surface area contributed by atoms with Gasteiger partial charge in [-0.15, -0.1) is 0 Å². The zero-order chi connectivity index (χ0) is 30.0. The summed E-state index contributed by atoms with van der Waals surface area (Å²) in [6.45, 7) is 9.36. The van der Waals surface area contributed by atoms with Gasteiger partial charge in [0.25, 0.3) is 5.56 Å². The Morgan fingerprint density at radius 2 is 1.79 bits per heavy atom. The highest BCUT2D eigenvalue weighted by atomic mass is 32.2. The van der Waals surface area contributed by atoms with Crippen LogP contribution >= 0.6 is 0 Å². The number of hydrogen-bond acceptors (Lipinski definition) is 7. The molecule has 0 radical (unpaired) electrons. The Balaban J connectivity index is 1.70. The van der Waals surface area contributed by atoms with E-state index in [-0.39, 0.29) is 28.8 Å². The Bertz CT molecular complexity index is 2000. The van der Waals surface area contributed by atoms with Crippen molar-refractivity contribution in [3.05, 3.63) is 118 Å². The number of rotatable bonds is 8. The van der Waals surface area contributed by atoms with E-state index in [4.69, 9.17) is 12.3 Å². The fraction of sp³-hybridized carbons (Fsp3) is 0.161. The van der Waals surface area contributed by atoms with Gasteiger partial charge in [-0.2, -0.15) is 0 Å². The van der Waals surface area contributed by atoms with E-state index in [1.54, 1.807) is 16.7 Å². The number of nitrogens with zero attached hydrogens (tertiary/aromatic N) is 5. The summed E-state index contributed by atoms with van der Waals surface area (Å²) in [6, 6.07) is 23.6. The summed E-state index contributed by atoms with van der Waals surface area (Å²) < 4.78 is 27.9. The Hall–Kier alpha value is -5.05. The second-order valence-electron chi connectivity index (χ2n) is 9.99. The fourth-order valence-corrected chi connectivity index (χ4v) is 5.67. The number of hydrogen-bond donors (Lipinski definition) is 2. The first-order chi connectivity index (χ1) is 20.1. The number of nitrogen functional groups attached to an aromatic ring is 1.